The fourth-order valence-electron chi connectivity index (χ4n) is 4.08. The zero-order chi connectivity index (χ0) is 19.9. The molecule has 2 amide bonds. The van der Waals surface area contributed by atoms with E-state index in [1.165, 1.54) is 5.56 Å². The van der Waals surface area contributed by atoms with Gasteiger partial charge < -0.3 is 15.4 Å². The Labute approximate surface area is 168 Å². The van der Waals surface area contributed by atoms with Gasteiger partial charge in [-0.15, -0.1) is 0 Å². The predicted molar refractivity (Wildman–Crippen MR) is 110 cm³/mol. The SMILES string of the molecule is CC(C)C[C@H](NC(=O)CCCc1ccccc1)C(=O)N[C@@H]1C[C@H]1C1CCCO1. The summed E-state index contributed by atoms with van der Waals surface area (Å²) in [7, 11) is 0. The van der Waals surface area contributed by atoms with Crippen molar-refractivity contribution in [3.8, 4) is 0 Å². The third kappa shape index (κ3) is 6.33. The quantitative estimate of drug-likeness (QED) is 0.649. The van der Waals surface area contributed by atoms with E-state index in [1.54, 1.807) is 0 Å². The summed E-state index contributed by atoms with van der Waals surface area (Å²) in [5.74, 6) is 0.708. The number of rotatable bonds is 10. The molecule has 2 N–H and O–H groups in total. The van der Waals surface area contributed by atoms with Crippen LogP contribution in [0.5, 0.6) is 0 Å². The Morgan fingerprint density at radius 3 is 2.68 bits per heavy atom. The molecule has 2 aliphatic rings. The van der Waals surface area contributed by atoms with Crippen LogP contribution in [0.15, 0.2) is 30.3 Å². The molecule has 1 aromatic carbocycles. The molecule has 1 saturated carbocycles. The maximum atomic E-state index is 12.8. The summed E-state index contributed by atoms with van der Waals surface area (Å²) in [6.45, 7) is 5.00. The molecule has 28 heavy (non-hydrogen) atoms. The molecule has 1 aromatic rings. The first-order chi connectivity index (χ1) is 13.5. The summed E-state index contributed by atoms with van der Waals surface area (Å²) in [5, 5.41) is 6.11. The number of nitrogens with one attached hydrogen (secondary N) is 2. The molecule has 0 aromatic heterocycles. The van der Waals surface area contributed by atoms with E-state index >= 15 is 0 Å². The molecule has 5 nitrogen and oxygen atoms in total. The predicted octanol–water partition coefficient (Wildman–Crippen LogP) is 3.22. The summed E-state index contributed by atoms with van der Waals surface area (Å²) in [5.41, 5.74) is 1.24. The monoisotopic (exact) mass is 386 g/mol. The van der Waals surface area contributed by atoms with Crippen LogP contribution in [0.25, 0.3) is 0 Å². The Hall–Kier alpha value is -1.88. The number of carbonyl (C=O) groups excluding carboxylic acids is 2. The van der Waals surface area contributed by atoms with E-state index in [9.17, 15) is 9.59 Å². The van der Waals surface area contributed by atoms with Crippen LogP contribution in [-0.4, -0.2) is 36.6 Å². The lowest BCUT2D eigenvalue weighted by Gasteiger charge is -2.21. The molecule has 3 rings (SSSR count). The second-order valence-electron chi connectivity index (χ2n) is 8.65. The van der Waals surface area contributed by atoms with Gasteiger partial charge in [-0.1, -0.05) is 44.2 Å². The van der Waals surface area contributed by atoms with Crippen molar-refractivity contribution in [2.45, 2.75) is 77.0 Å². The summed E-state index contributed by atoms with van der Waals surface area (Å²) < 4.78 is 5.74. The van der Waals surface area contributed by atoms with Crippen LogP contribution in [0.3, 0.4) is 0 Å². The molecule has 1 heterocycles. The van der Waals surface area contributed by atoms with Crippen LogP contribution >= 0.6 is 0 Å². The molecule has 4 atom stereocenters. The number of hydrogen-bond acceptors (Lipinski definition) is 3. The van der Waals surface area contributed by atoms with Gasteiger partial charge in [-0.2, -0.15) is 0 Å². The van der Waals surface area contributed by atoms with Crippen LogP contribution < -0.4 is 10.6 Å². The van der Waals surface area contributed by atoms with Crippen molar-refractivity contribution in [3.63, 3.8) is 0 Å². The van der Waals surface area contributed by atoms with Crippen molar-refractivity contribution < 1.29 is 14.3 Å². The first-order valence-corrected chi connectivity index (χ1v) is 10.8. The lowest BCUT2D eigenvalue weighted by molar-refractivity contribution is -0.129. The standard InChI is InChI=1S/C23H34N2O3/c1-16(2)14-20(23(27)25-19-15-18(19)21-11-7-13-28-21)24-22(26)12-6-10-17-8-4-3-5-9-17/h3-5,8-9,16,18-21H,6-7,10-15H2,1-2H3,(H,24,26)(H,25,27)/t18-,19-,20+,21?/m1/s1. The molecule has 1 aliphatic carbocycles. The second kappa shape index (κ2) is 10.1. The molecular formula is C23H34N2O3. The van der Waals surface area contributed by atoms with Gasteiger partial charge in [-0.3, -0.25) is 9.59 Å². The van der Waals surface area contributed by atoms with Gasteiger partial charge in [0, 0.05) is 25.0 Å². The van der Waals surface area contributed by atoms with Crippen molar-refractivity contribution in [2.24, 2.45) is 11.8 Å². The fraction of sp³-hybridized carbons (Fsp3) is 0.652. The number of aryl methyl sites for hydroxylation is 1. The molecule has 0 spiro atoms. The zero-order valence-corrected chi connectivity index (χ0v) is 17.2. The van der Waals surface area contributed by atoms with Gasteiger partial charge in [0.05, 0.1) is 6.10 Å². The number of amides is 2. The maximum Gasteiger partial charge on any atom is 0.242 e. The van der Waals surface area contributed by atoms with Crippen LogP contribution in [-0.2, 0) is 20.7 Å². The largest absolute Gasteiger partial charge is 0.378 e. The molecule has 2 fully saturated rings. The highest BCUT2D eigenvalue weighted by Gasteiger charge is 2.46. The number of ether oxygens (including phenoxy) is 1. The molecule has 1 unspecified atom stereocenters. The molecule has 1 aliphatic heterocycles. The van der Waals surface area contributed by atoms with E-state index in [2.05, 4.69) is 36.6 Å². The van der Waals surface area contributed by atoms with Crippen molar-refractivity contribution in [1.29, 1.82) is 0 Å². The van der Waals surface area contributed by atoms with E-state index in [4.69, 9.17) is 4.74 Å². The summed E-state index contributed by atoms with van der Waals surface area (Å²) in [6, 6.07) is 9.94. The van der Waals surface area contributed by atoms with Gasteiger partial charge in [0.1, 0.15) is 6.04 Å². The normalized spacial score (nSPS) is 24.8. The van der Waals surface area contributed by atoms with Crippen molar-refractivity contribution in [3.05, 3.63) is 35.9 Å². The topological polar surface area (TPSA) is 67.4 Å². The second-order valence-corrected chi connectivity index (χ2v) is 8.65. The smallest absolute Gasteiger partial charge is 0.242 e. The van der Waals surface area contributed by atoms with Crippen molar-refractivity contribution in [2.75, 3.05) is 6.61 Å². The van der Waals surface area contributed by atoms with Gasteiger partial charge in [0.25, 0.3) is 0 Å². The highest BCUT2D eigenvalue weighted by molar-refractivity contribution is 5.88. The Bertz CT molecular complexity index is 641. The lowest BCUT2D eigenvalue weighted by Crippen LogP contribution is -2.48. The van der Waals surface area contributed by atoms with Crippen molar-refractivity contribution in [1.82, 2.24) is 10.6 Å². The summed E-state index contributed by atoms with van der Waals surface area (Å²) >= 11 is 0. The first-order valence-electron chi connectivity index (χ1n) is 10.8. The van der Waals surface area contributed by atoms with Crippen LogP contribution in [0.2, 0.25) is 0 Å². The minimum absolute atomic E-state index is 0.0387. The fourth-order valence-corrected chi connectivity index (χ4v) is 4.08. The van der Waals surface area contributed by atoms with Crippen LogP contribution in [0.4, 0.5) is 0 Å². The van der Waals surface area contributed by atoms with E-state index in [0.29, 0.717) is 30.8 Å². The van der Waals surface area contributed by atoms with Gasteiger partial charge in [0.15, 0.2) is 0 Å². The van der Waals surface area contributed by atoms with Gasteiger partial charge in [-0.05, 0) is 50.0 Å². The molecule has 1 saturated heterocycles. The molecule has 0 radical (unpaired) electrons. The lowest BCUT2D eigenvalue weighted by atomic mass is 10.0. The first kappa shape index (κ1) is 20.8. The molecule has 5 heteroatoms. The minimum Gasteiger partial charge on any atom is -0.378 e. The van der Waals surface area contributed by atoms with Crippen LogP contribution in [0.1, 0.15) is 57.9 Å². The minimum atomic E-state index is -0.449. The molecule has 154 valence electrons. The van der Waals surface area contributed by atoms with Crippen molar-refractivity contribution >= 4 is 11.8 Å². The van der Waals surface area contributed by atoms with E-state index in [1.807, 2.05) is 18.2 Å². The number of carbonyl (C=O) groups is 2. The van der Waals surface area contributed by atoms with E-state index < -0.39 is 6.04 Å². The Kier molecular flexibility index (Phi) is 7.49. The van der Waals surface area contributed by atoms with Gasteiger partial charge >= 0.3 is 0 Å². The third-order valence-corrected chi connectivity index (χ3v) is 5.68. The molecular weight excluding hydrogens is 352 g/mol. The van der Waals surface area contributed by atoms with Gasteiger partial charge in [0.2, 0.25) is 11.8 Å². The van der Waals surface area contributed by atoms with E-state index in [0.717, 1.165) is 38.7 Å². The van der Waals surface area contributed by atoms with E-state index in [-0.39, 0.29) is 17.9 Å². The summed E-state index contributed by atoms with van der Waals surface area (Å²) in [4.78, 5) is 25.1. The highest BCUT2D eigenvalue weighted by atomic mass is 16.5. The zero-order valence-electron chi connectivity index (χ0n) is 17.2. The Balaban J connectivity index is 1.43. The number of benzene rings is 1. The highest BCUT2D eigenvalue weighted by Crippen LogP contribution is 2.39. The third-order valence-electron chi connectivity index (χ3n) is 5.68. The average molecular weight is 387 g/mol. The Morgan fingerprint density at radius 2 is 2.00 bits per heavy atom. The summed E-state index contributed by atoms with van der Waals surface area (Å²) in [6.07, 6.45) is 6.29. The molecule has 0 bridgehead atoms. The Morgan fingerprint density at radius 1 is 1.21 bits per heavy atom. The average Bonchev–Trinajstić information content (AvgIpc) is 3.20. The maximum absolute atomic E-state index is 12.8. The number of hydrogen-bond donors (Lipinski definition) is 2. The van der Waals surface area contributed by atoms with Gasteiger partial charge in [-0.25, -0.2) is 0 Å². The van der Waals surface area contributed by atoms with Crippen LogP contribution in [0, 0.1) is 11.8 Å².